The monoisotopic (exact) mass is 460 g/mol. The summed E-state index contributed by atoms with van der Waals surface area (Å²) in [5.74, 6) is 0.420. The van der Waals surface area contributed by atoms with Crippen LogP contribution in [0.15, 0.2) is 53.8 Å². The van der Waals surface area contributed by atoms with E-state index in [4.69, 9.17) is 11.5 Å². The summed E-state index contributed by atoms with van der Waals surface area (Å²) < 4.78 is 0. The van der Waals surface area contributed by atoms with Gasteiger partial charge in [0.25, 0.3) is 5.91 Å². The second-order valence-corrected chi connectivity index (χ2v) is 9.11. The van der Waals surface area contributed by atoms with Gasteiger partial charge in [0.05, 0.1) is 11.0 Å². The zero-order valence-corrected chi connectivity index (χ0v) is 19.2. The minimum atomic E-state index is -0.896. The van der Waals surface area contributed by atoms with Crippen molar-refractivity contribution in [3.63, 3.8) is 0 Å². The molecule has 1 amide bonds. The molecule has 0 bridgehead atoms. The van der Waals surface area contributed by atoms with Gasteiger partial charge in [0.15, 0.2) is 5.69 Å². The zero-order chi connectivity index (χ0) is 24.3. The molecule has 2 heterocycles. The Bertz CT molecular complexity index is 1180. The highest BCUT2D eigenvalue weighted by molar-refractivity contribution is 6.05. The Morgan fingerprint density at radius 2 is 1.76 bits per heavy atom. The molecular weight excluding hydrogens is 432 g/mol. The topological polar surface area (TPSA) is 165 Å². The number of aromatic nitrogens is 4. The Balaban J connectivity index is 1.50. The molecule has 176 valence electrons. The van der Waals surface area contributed by atoms with Crippen LogP contribution < -0.4 is 16.8 Å². The fourth-order valence-corrected chi connectivity index (χ4v) is 3.81. The van der Waals surface area contributed by atoms with E-state index in [-0.39, 0.29) is 17.5 Å². The molecule has 10 nitrogen and oxygen atoms in total. The summed E-state index contributed by atoms with van der Waals surface area (Å²) in [6, 6.07) is 11.1. The molecule has 10 heteroatoms. The van der Waals surface area contributed by atoms with Crippen molar-refractivity contribution in [3.8, 4) is 11.1 Å². The molecule has 0 saturated heterocycles. The molecule has 0 radical (unpaired) electrons. The van der Waals surface area contributed by atoms with Gasteiger partial charge in [-0.2, -0.15) is 4.99 Å². The van der Waals surface area contributed by atoms with E-state index in [1.165, 1.54) is 6.07 Å². The lowest BCUT2D eigenvalue weighted by atomic mass is 9.63. The van der Waals surface area contributed by atoms with E-state index in [0.717, 1.165) is 36.0 Å². The van der Waals surface area contributed by atoms with Crippen LogP contribution in [0.4, 0.5) is 11.8 Å². The first-order valence-corrected chi connectivity index (χ1v) is 11.0. The number of hydrogen-bond acceptors (Lipinski definition) is 8. The van der Waals surface area contributed by atoms with Crippen LogP contribution in [0.25, 0.3) is 11.1 Å². The SMILES string of the molecule is CC(C)(O)CNc1ccc(C(=O)N=C(N)C2(c3ccc(-c4cnc(N)nc4)cc3)CCC2)nn1. The van der Waals surface area contributed by atoms with Crippen molar-refractivity contribution in [2.24, 2.45) is 10.7 Å². The van der Waals surface area contributed by atoms with Crippen LogP contribution >= 0.6 is 0 Å². The lowest BCUT2D eigenvalue weighted by Crippen LogP contribution is -2.47. The first kappa shape index (κ1) is 23.2. The summed E-state index contributed by atoms with van der Waals surface area (Å²) >= 11 is 0. The number of benzene rings is 1. The molecule has 1 fully saturated rings. The molecule has 6 N–H and O–H groups in total. The predicted octanol–water partition coefficient (Wildman–Crippen LogP) is 2.32. The fraction of sp³-hybridized carbons (Fsp3) is 0.333. The molecule has 4 rings (SSSR count). The number of nitrogens with one attached hydrogen (secondary N) is 1. The predicted molar refractivity (Wildman–Crippen MR) is 130 cm³/mol. The van der Waals surface area contributed by atoms with Gasteiger partial charge in [-0.3, -0.25) is 4.79 Å². The maximum atomic E-state index is 12.7. The summed E-state index contributed by atoms with van der Waals surface area (Å²) in [6.45, 7) is 3.66. The van der Waals surface area contributed by atoms with Crippen molar-refractivity contribution < 1.29 is 9.90 Å². The molecule has 2 aromatic heterocycles. The molecule has 0 atom stereocenters. The number of amidine groups is 1. The van der Waals surface area contributed by atoms with Crippen LogP contribution in [-0.4, -0.2) is 49.2 Å². The molecular formula is C24H28N8O2. The van der Waals surface area contributed by atoms with E-state index in [1.807, 2.05) is 24.3 Å². The summed E-state index contributed by atoms with van der Waals surface area (Å²) in [5.41, 5.74) is 13.5. The highest BCUT2D eigenvalue weighted by Gasteiger charge is 2.43. The van der Waals surface area contributed by atoms with Crippen molar-refractivity contribution in [2.75, 3.05) is 17.6 Å². The van der Waals surface area contributed by atoms with E-state index in [0.29, 0.717) is 12.4 Å². The zero-order valence-electron chi connectivity index (χ0n) is 19.2. The first-order valence-electron chi connectivity index (χ1n) is 11.0. The van der Waals surface area contributed by atoms with Gasteiger partial charge in [0.2, 0.25) is 5.95 Å². The molecule has 1 aliphatic rings. The van der Waals surface area contributed by atoms with Crippen LogP contribution in [0.2, 0.25) is 0 Å². The number of nitrogens with two attached hydrogens (primary N) is 2. The van der Waals surface area contributed by atoms with Gasteiger partial charge in [-0.15, -0.1) is 10.2 Å². The number of carbonyl (C=O) groups excluding carboxylic acids is 1. The second kappa shape index (κ2) is 9.14. The Morgan fingerprint density at radius 1 is 1.09 bits per heavy atom. The average Bonchev–Trinajstić information content (AvgIpc) is 2.78. The maximum absolute atomic E-state index is 12.7. The van der Waals surface area contributed by atoms with Crippen molar-refractivity contribution >= 4 is 23.5 Å². The van der Waals surface area contributed by atoms with Gasteiger partial charge in [0, 0.05) is 24.5 Å². The van der Waals surface area contributed by atoms with Gasteiger partial charge < -0.3 is 21.9 Å². The van der Waals surface area contributed by atoms with Crippen molar-refractivity contribution in [2.45, 2.75) is 44.1 Å². The maximum Gasteiger partial charge on any atom is 0.299 e. The van der Waals surface area contributed by atoms with Gasteiger partial charge in [-0.05, 0) is 49.9 Å². The third kappa shape index (κ3) is 5.01. The number of rotatable bonds is 7. The summed E-state index contributed by atoms with van der Waals surface area (Å²) in [4.78, 5) is 25.0. The minimum Gasteiger partial charge on any atom is -0.389 e. The molecule has 34 heavy (non-hydrogen) atoms. The van der Waals surface area contributed by atoms with E-state index in [1.54, 1.807) is 32.3 Å². The fourth-order valence-electron chi connectivity index (χ4n) is 3.81. The van der Waals surface area contributed by atoms with Gasteiger partial charge in [-0.25, -0.2) is 9.97 Å². The molecule has 0 aliphatic heterocycles. The first-order chi connectivity index (χ1) is 16.2. The largest absolute Gasteiger partial charge is 0.389 e. The van der Waals surface area contributed by atoms with Crippen molar-refractivity contribution in [1.29, 1.82) is 0 Å². The molecule has 0 unspecified atom stereocenters. The Kier molecular flexibility index (Phi) is 6.25. The third-order valence-corrected chi connectivity index (χ3v) is 5.95. The standard InChI is InChI=1S/C24H28N8O2/c1-23(2,34)14-29-19-9-8-18(31-32-19)20(33)30-21(25)24(10-3-11-24)17-6-4-15(5-7-17)16-12-27-22(26)28-13-16/h4-9,12-13,34H,3,10-11,14H2,1-2H3,(H,29,32)(H2,25,30,33)(H2,26,27,28). The Labute approximate surface area is 197 Å². The number of anilines is 2. The van der Waals surface area contributed by atoms with E-state index in [9.17, 15) is 9.90 Å². The second-order valence-electron chi connectivity index (χ2n) is 9.11. The highest BCUT2D eigenvalue weighted by Crippen LogP contribution is 2.44. The number of carbonyl (C=O) groups is 1. The number of nitrogens with zero attached hydrogens (tertiary/aromatic N) is 5. The van der Waals surface area contributed by atoms with Gasteiger partial charge >= 0.3 is 0 Å². The van der Waals surface area contributed by atoms with Crippen LogP contribution in [-0.2, 0) is 5.41 Å². The number of amides is 1. The van der Waals surface area contributed by atoms with E-state index < -0.39 is 16.9 Å². The van der Waals surface area contributed by atoms with Crippen LogP contribution in [0.5, 0.6) is 0 Å². The number of nitrogen functional groups attached to an aromatic ring is 1. The smallest absolute Gasteiger partial charge is 0.299 e. The number of hydrogen-bond donors (Lipinski definition) is 4. The van der Waals surface area contributed by atoms with Crippen LogP contribution in [0.3, 0.4) is 0 Å². The number of aliphatic imine (C=N–C) groups is 1. The molecule has 1 aliphatic carbocycles. The Morgan fingerprint density at radius 3 is 2.29 bits per heavy atom. The molecule has 3 aromatic rings. The molecule has 1 aromatic carbocycles. The minimum absolute atomic E-state index is 0.102. The van der Waals surface area contributed by atoms with Crippen molar-refractivity contribution in [1.82, 2.24) is 20.2 Å². The van der Waals surface area contributed by atoms with Crippen LogP contribution in [0, 0.1) is 0 Å². The van der Waals surface area contributed by atoms with Crippen LogP contribution in [0.1, 0.15) is 49.2 Å². The lowest BCUT2D eigenvalue weighted by Gasteiger charge is -2.41. The number of aliphatic hydroxyl groups is 1. The summed E-state index contributed by atoms with van der Waals surface area (Å²) in [6.07, 6.45) is 5.98. The molecule has 1 saturated carbocycles. The summed E-state index contributed by atoms with van der Waals surface area (Å²) in [7, 11) is 0. The summed E-state index contributed by atoms with van der Waals surface area (Å²) in [5, 5.41) is 20.7. The third-order valence-electron chi connectivity index (χ3n) is 5.95. The van der Waals surface area contributed by atoms with Gasteiger partial charge in [-0.1, -0.05) is 30.7 Å². The van der Waals surface area contributed by atoms with Crippen molar-refractivity contribution in [3.05, 3.63) is 60.0 Å². The normalized spacial score (nSPS) is 15.4. The lowest BCUT2D eigenvalue weighted by molar-refractivity contribution is 0.0942. The average molecular weight is 461 g/mol. The van der Waals surface area contributed by atoms with Gasteiger partial charge in [0.1, 0.15) is 11.7 Å². The molecule has 0 spiro atoms. The van der Waals surface area contributed by atoms with E-state index in [2.05, 4.69) is 30.5 Å². The quantitative estimate of drug-likeness (QED) is 0.306. The van der Waals surface area contributed by atoms with E-state index >= 15 is 0 Å². The Hall–Kier alpha value is -3.92. The highest BCUT2D eigenvalue weighted by atomic mass is 16.3.